The maximum atomic E-state index is 4.46. The highest BCUT2D eigenvalue weighted by Crippen LogP contribution is 2.14. The highest BCUT2D eigenvalue weighted by molar-refractivity contribution is 5.43. The van der Waals surface area contributed by atoms with E-state index in [1.165, 1.54) is 5.69 Å². The van der Waals surface area contributed by atoms with E-state index in [0.717, 1.165) is 18.8 Å². The summed E-state index contributed by atoms with van der Waals surface area (Å²) in [7, 11) is 2.07. The maximum absolute atomic E-state index is 4.46. The molecule has 0 radical (unpaired) electrons. The highest BCUT2D eigenvalue weighted by Gasteiger charge is 2.05. The van der Waals surface area contributed by atoms with Crippen LogP contribution < -0.4 is 10.2 Å². The third-order valence-electron chi connectivity index (χ3n) is 2.64. The minimum atomic E-state index is 0.330. The van der Waals surface area contributed by atoms with E-state index in [1.807, 2.05) is 6.20 Å². The van der Waals surface area contributed by atoms with Gasteiger partial charge in [0.2, 0.25) is 0 Å². The number of pyridine rings is 1. The summed E-state index contributed by atoms with van der Waals surface area (Å²) in [6.45, 7) is 8.35. The van der Waals surface area contributed by atoms with Gasteiger partial charge in [0, 0.05) is 19.6 Å². The van der Waals surface area contributed by atoms with Crippen LogP contribution in [0.1, 0.15) is 32.5 Å². The fourth-order valence-corrected chi connectivity index (χ4v) is 1.47. The third kappa shape index (κ3) is 3.20. The topological polar surface area (TPSA) is 28.2 Å². The zero-order chi connectivity index (χ0) is 11.3. The molecule has 0 aliphatic heterocycles. The van der Waals surface area contributed by atoms with Gasteiger partial charge in [0.25, 0.3) is 0 Å². The standard InChI is InChI=1S/C12H21N3/c1-5-13-10(3)12-8-7-11(9-14-12)15(4)6-2/h7-10,13H,5-6H2,1-4H3. The van der Waals surface area contributed by atoms with E-state index >= 15 is 0 Å². The largest absolute Gasteiger partial charge is 0.374 e. The van der Waals surface area contributed by atoms with Gasteiger partial charge in [-0.25, -0.2) is 0 Å². The molecule has 1 unspecified atom stereocenters. The molecule has 1 aromatic rings. The number of anilines is 1. The molecule has 0 saturated heterocycles. The van der Waals surface area contributed by atoms with Crippen molar-refractivity contribution >= 4 is 5.69 Å². The highest BCUT2D eigenvalue weighted by atomic mass is 15.1. The molecule has 1 atom stereocenters. The zero-order valence-electron chi connectivity index (χ0n) is 10.1. The summed E-state index contributed by atoms with van der Waals surface area (Å²) in [5.74, 6) is 0. The first-order valence-electron chi connectivity index (χ1n) is 5.59. The molecule has 0 saturated carbocycles. The van der Waals surface area contributed by atoms with Gasteiger partial charge < -0.3 is 10.2 Å². The van der Waals surface area contributed by atoms with Crippen molar-refractivity contribution in [3.63, 3.8) is 0 Å². The molecule has 84 valence electrons. The van der Waals surface area contributed by atoms with Gasteiger partial charge >= 0.3 is 0 Å². The van der Waals surface area contributed by atoms with E-state index in [1.54, 1.807) is 0 Å². The average molecular weight is 207 g/mol. The van der Waals surface area contributed by atoms with Gasteiger partial charge in [-0.15, -0.1) is 0 Å². The normalized spacial score (nSPS) is 12.5. The predicted molar refractivity (Wildman–Crippen MR) is 65.3 cm³/mol. The van der Waals surface area contributed by atoms with Crippen LogP contribution in [0.15, 0.2) is 18.3 Å². The lowest BCUT2D eigenvalue weighted by Crippen LogP contribution is -2.20. The molecule has 1 rings (SSSR count). The molecule has 1 N–H and O–H groups in total. The van der Waals surface area contributed by atoms with Crippen molar-refractivity contribution in [2.75, 3.05) is 25.0 Å². The number of hydrogen-bond donors (Lipinski definition) is 1. The lowest BCUT2D eigenvalue weighted by molar-refractivity contribution is 0.583. The van der Waals surface area contributed by atoms with Crippen molar-refractivity contribution in [2.45, 2.75) is 26.8 Å². The average Bonchev–Trinajstić information content (AvgIpc) is 2.28. The van der Waals surface area contributed by atoms with Crippen LogP contribution in [0.5, 0.6) is 0 Å². The second-order valence-corrected chi connectivity index (χ2v) is 3.73. The summed E-state index contributed by atoms with van der Waals surface area (Å²) in [6, 6.07) is 4.55. The van der Waals surface area contributed by atoms with Crippen LogP contribution in [0.2, 0.25) is 0 Å². The van der Waals surface area contributed by atoms with Crippen LogP contribution in [0, 0.1) is 0 Å². The number of nitrogens with one attached hydrogen (secondary N) is 1. The van der Waals surface area contributed by atoms with E-state index in [0.29, 0.717) is 6.04 Å². The summed E-state index contributed by atoms with van der Waals surface area (Å²) < 4.78 is 0. The van der Waals surface area contributed by atoms with Gasteiger partial charge in [-0.3, -0.25) is 4.98 Å². The number of nitrogens with zero attached hydrogens (tertiary/aromatic N) is 2. The van der Waals surface area contributed by atoms with Crippen LogP contribution in [-0.4, -0.2) is 25.1 Å². The van der Waals surface area contributed by atoms with Gasteiger partial charge in [-0.05, 0) is 32.5 Å². The van der Waals surface area contributed by atoms with Crippen molar-refractivity contribution in [1.29, 1.82) is 0 Å². The smallest absolute Gasteiger partial charge is 0.0572 e. The van der Waals surface area contributed by atoms with E-state index in [9.17, 15) is 0 Å². The predicted octanol–water partition coefficient (Wildman–Crippen LogP) is 2.21. The molecule has 0 bridgehead atoms. The van der Waals surface area contributed by atoms with Crippen molar-refractivity contribution in [3.05, 3.63) is 24.0 Å². The van der Waals surface area contributed by atoms with E-state index in [4.69, 9.17) is 0 Å². The minimum Gasteiger partial charge on any atom is -0.374 e. The summed E-state index contributed by atoms with van der Waals surface area (Å²) >= 11 is 0. The Hall–Kier alpha value is -1.09. The van der Waals surface area contributed by atoms with E-state index in [-0.39, 0.29) is 0 Å². The Balaban J connectivity index is 2.71. The van der Waals surface area contributed by atoms with Crippen LogP contribution in [0.3, 0.4) is 0 Å². The summed E-state index contributed by atoms with van der Waals surface area (Å²) in [5, 5.41) is 3.35. The summed E-state index contributed by atoms with van der Waals surface area (Å²) in [5.41, 5.74) is 2.27. The first kappa shape index (κ1) is 12.0. The molecule has 0 aliphatic rings. The Morgan fingerprint density at radius 1 is 1.40 bits per heavy atom. The van der Waals surface area contributed by atoms with Crippen molar-refractivity contribution < 1.29 is 0 Å². The van der Waals surface area contributed by atoms with Crippen LogP contribution in [0.4, 0.5) is 5.69 Å². The lowest BCUT2D eigenvalue weighted by Gasteiger charge is -2.17. The van der Waals surface area contributed by atoms with Crippen molar-refractivity contribution in [3.8, 4) is 0 Å². The van der Waals surface area contributed by atoms with Crippen LogP contribution in [-0.2, 0) is 0 Å². The van der Waals surface area contributed by atoms with Gasteiger partial charge in [-0.1, -0.05) is 6.92 Å². The minimum absolute atomic E-state index is 0.330. The van der Waals surface area contributed by atoms with Crippen LogP contribution in [0.25, 0.3) is 0 Å². The fraction of sp³-hybridized carbons (Fsp3) is 0.583. The first-order valence-corrected chi connectivity index (χ1v) is 5.59. The molecule has 0 fully saturated rings. The molecular formula is C12H21N3. The van der Waals surface area contributed by atoms with Crippen molar-refractivity contribution in [1.82, 2.24) is 10.3 Å². The van der Waals surface area contributed by atoms with Gasteiger partial charge in [0.1, 0.15) is 0 Å². The molecule has 1 aromatic heterocycles. The Labute approximate surface area is 92.5 Å². The van der Waals surface area contributed by atoms with Gasteiger partial charge in [0.15, 0.2) is 0 Å². The van der Waals surface area contributed by atoms with Crippen molar-refractivity contribution in [2.24, 2.45) is 0 Å². The Morgan fingerprint density at radius 2 is 2.13 bits per heavy atom. The van der Waals surface area contributed by atoms with E-state index < -0.39 is 0 Å². The fourth-order valence-electron chi connectivity index (χ4n) is 1.47. The first-order chi connectivity index (χ1) is 7.19. The van der Waals surface area contributed by atoms with Gasteiger partial charge in [-0.2, -0.15) is 0 Å². The summed E-state index contributed by atoms with van der Waals surface area (Å²) in [6.07, 6.45) is 1.94. The Kier molecular flexibility index (Phi) is 4.56. The maximum Gasteiger partial charge on any atom is 0.0572 e. The zero-order valence-corrected chi connectivity index (χ0v) is 10.1. The van der Waals surface area contributed by atoms with E-state index in [2.05, 4.69) is 55.2 Å². The SMILES string of the molecule is CCNC(C)c1ccc(N(C)CC)cn1. The number of hydrogen-bond acceptors (Lipinski definition) is 3. The molecule has 0 amide bonds. The quantitative estimate of drug-likeness (QED) is 0.802. The number of aromatic nitrogens is 1. The second-order valence-electron chi connectivity index (χ2n) is 3.73. The molecular weight excluding hydrogens is 186 g/mol. The summed E-state index contributed by atoms with van der Waals surface area (Å²) in [4.78, 5) is 6.64. The molecule has 3 heteroatoms. The lowest BCUT2D eigenvalue weighted by atomic mass is 10.2. The molecule has 0 spiro atoms. The molecule has 0 aromatic carbocycles. The Morgan fingerprint density at radius 3 is 2.60 bits per heavy atom. The molecule has 0 aliphatic carbocycles. The second kappa shape index (κ2) is 5.71. The Bertz CT molecular complexity index is 281. The molecule has 1 heterocycles. The third-order valence-corrected chi connectivity index (χ3v) is 2.64. The van der Waals surface area contributed by atoms with Crippen LogP contribution >= 0.6 is 0 Å². The monoisotopic (exact) mass is 207 g/mol. The molecule has 15 heavy (non-hydrogen) atoms. The molecule has 3 nitrogen and oxygen atoms in total. The van der Waals surface area contributed by atoms with Gasteiger partial charge in [0.05, 0.1) is 17.6 Å². The number of rotatable bonds is 5.